The molecular weight excluding hydrogens is 268 g/mol. The Morgan fingerprint density at radius 2 is 1.95 bits per heavy atom. The van der Waals surface area contributed by atoms with Crippen molar-refractivity contribution in [1.82, 2.24) is 10.2 Å². The van der Waals surface area contributed by atoms with Crippen LogP contribution in [0.3, 0.4) is 0 Å². The van der Waals surface area contributed by atoms with E-state index in [0.29, 0.717) is 24.6 Å². The van der Waals surface area contributed by atoms with E-state index < -0.39 is 0 Å². The Morgan fingerprint density at radius 3 is 2.48 bits per heavy atom. The van der Waals surface area contributed by atoms with Crippen LogP contribution < -0.4 is 5.32 Å². The Bertz CT molecular complexity index is 474. The quantitative estimate of drug-likeness (QED) is 0.926. The lowest BCUT2D eigenvalue weighted by atomic mass is 9.94. The van der Waals surface area contributed by atoms with E-state index in [4.69, 9.17) is 4.42 Å². The zero-order valence-electron chi connectivity index (χ0n) is 13.0. The van der Waals surface area contributed by atoms with Crippen LogP contribution in [-0.2, 0) is 4.79 Å². The van der Waals surface area contributed by atoms with E-state index in [2.05, 4.69) is 19.2 Å². The molecular formula is C16H24N2O3. The van der Waals surface area contributed by atoms with Gasteiger partial charge in [-0.25, -0.2) is 0 Å². The van der Waals surface area contributed by atoms with E-state index >= 15 is 0 Å². The Kier molecular flexibility index (Phi) is 5.04. The maximum absolute atomic E-state index is 12.2. The number of amides is 2. The van der Waals surface area contributed by atoms with E-state index in [0.717, 1.165) is 12.8 Å². The van der Waals surface area contributed by atoms with Gasteiger partial charge >= 0.3 is 0 Å². The van der Waals surface area contributed by atoms with E-state index in [-0.39, 0.29) is 23.8 Å². The van der Waals surface area contributed by atoms with Crippen molar-refractivity contribution in [2.75, 3.05) is 13.1 Å². The monoisotopic (exact) mass is 292 g/mol. The van der Waals surface area contributed by atoms with Crippen LogP contribution in [0.25, 0.3) is 0 Å². The second-order valence-corrected chi connectivity index (χ2v) is 6.12. The summed E-state index contributed by atoms with van der Waals surface area (Å²) < 4.78 is 4.94. The first kappa shape index (κ1) is 15.6. The minimum Gasteiger partial charge on any atom is -0.472 e. The summed E-state index contributed by atoms with van der Waals surface area (Å²) in [4.78, 5) is 26.2. The van der Waals surface area contributed by atoms with Crippen LogP contribution >= 0.6 is 0 Å². The highest BCUT2D eigenvalue weighted by Gasteiger charge is 2.28. The zero-order chi connectivity index (χ0) is 15.4. The largest absolute Gasteiger partial charge is 0.472 e. The molecule has 1 fully saturated rings. The molecule has 2 amide bonds. The molecule has 2 rings (SSSR count). The van der Waals surface area contributed by atoms with Crippen molar-refractivity contribution in [3.8, 4) is 0 Å². The second kappa shape index (κ2) is 6.78. The van der Waals surface area contributed by atoms with Crippen molar-refractivity contribution in [3.63, 3.8) is 0 Å². The normalized spacial score (nSPS) is 17.8. The summed E-state index contributed by atoms with van der Waals surface area (Å²) in [7, 11) is 0. The molecule has 0 spiro atoms. The molecule has 1 atom stereocenters. The van der Waals surface area contributed by atoms with Gasteiger partial charge in [0.1, 0.15) is 6.26 Å². The third kappa shape index (κ3) is 3.86. The molecule has 1 aliphatic rings. The summed E-state index contributed by atoms with van der Waals surface area (Å²) in [6.45, 7) is 7.46. The number of likely N-dealkylation sites (tertiary alicyclic amines) is 1. The first-order valence-corrected chi connectivity index (χ1v) is 7.61. The van der Waals surface area contributed by atoms with Crippen molar-refractivity contribution in [3.05, 3.63) is 24.2 Å². The van der Waals surface area contributed by atoms with Crippen molar-refractivity contribution < 1.29 is 14.0 Å². The lowest BCUT2D eigenvalue weighted by Crippen LogP contribution is -2.45. The molecule has 1 aliphatic heterocycles. The van der Waals surface area contributed by atoms with E-state index in [1.54, 1.807) is 11.0 Å². The number of piperidine rings is 1. The highest BCUT2D eigenvalue weighted by molar-refractivity contribution is 5.94. The number of furan rings is 1. The molecule has 1 aromatic heterocycles. The zero-order valence-corrected chi connectivity index (χ0v) is 13.0. The first-order valence-electron chi connectivity index (χ1n) is 7.61. The van der Waals surface area contributed by atoms with Crippen LogP contribution in [0.5, 0.6) is 0 Å². The Balaban J connectivity index is 1.83. The molecule has 1 unspecified atom stereocenters. The van der Waals surface area contributed by atoms with Crippen molar-refractivity contribution in [1.29, 1.82) is 0 Å². The Morgan fingerprint density at radius 1 is 1.29 bits per heavy atom. The van der Waals surface area contributed by atoms with Gasteiger partial charge in [0.2, 0.25) is 5.91 Å². The number of hydrogen-bond donors (Lipinski definition) is 1. The molecule has 1 aromatic rings. The van der Waals surface area contributed by atoms with Crippen LogP contribution in [-0.4, -0.2) is 35.8 Å². The molecule has 21 heavy (non-hydrogen) atoms. The van der Waals surface area contributed by atoms with Crippen LogP contribution in [0.1, 0.15) is 44.0 Å². The van der Waals surface area contributed by atoms with Crippen molar-refractivity contribution >= 4 is 11.8 Å². The minimum atomic E-state index is -0.0156. The van der Waals surface area contributed by atoms with Crippen molar-refractivity contribution in [2.24, 2.45) is 11.8 Å². The van der Waals surface area contributed by atoms with Gasteiger partial charge in [-0.2, -0.15) is 0 Å². The van der Waals surface area contributed by atoms with E-state index in [9.17, 15) is 9.59 Å². The maximum Gasteiger partial charge on any atom is 0.257 e. The molecule has 0 aromatic carbocycles. The topological polar surface area (TPSA) is 62.6 Å². The molecule has 1 saturated heterocycles. The number of nitrogens with one attached hydrogen (secondary N) is 1. The average Bonchev–Trinajstić information content (AvgIpc) is 3.00. The highest BCUT2D eigenvalue weighted by atomic mass is 16.3. The lowest BCUT2D eigenvalue weighted by Gasteiger charge is -2.32. The van der Waals surface area contributed by atoms with Crippen LogP contribution in [0.15, 0.2) is 23.0 Å². The third-order valence-electron chi connectivity index (χ3n) is 4.29. The minimum absolute atomic E-state index is 0.0135. The summed E-state index contributed by atoms with van der Waals surface area (Å²) in [5, 5.41) is 3.06. The van der Waals surface area contributed by atoms with Gasteiger partial charge in [0, 0.05) is 25.0 Å². The number of carbonyl (C=O) groups excluding carboxylic acids is 2. The molecule has 5 nitrogen and oxygen atoms in total. The highest BCUT2D eigenvalue weighted by Crippen LogP contribution is 2.20. The third-order valence-corrected chi connectivity index (χ3v) is 4.29. The van der Waals surface area contributed by atoms with Gasteiger partial charge in [0.15, 0.2) is 0 Å². The number of carbonyl (C=O) groups is 2. The Hall–Kier alpha value is -1.78. The molecule has 2 heterocycles. The standard InChI is InChI=1S/C16H24N2O3/c1-11(2)12(3)17-15(19)13-4-7-18(8-5-13)16(20)14-6-9-21-10-14/h6,9-13H,4-5,7-8H2,1-3H3,(H,17,19). The smallest absolute Gasteiger partial charge is 0.257 e. The number of hydrogen-bond acceptors (Lipinski definition) is 3. The van der Waals surface area contributed by atoms with Gasteiger partial charge in [-0.15, -0.1) is 0 Å². The summed E-state index contributed by atoms with van der Waals surface area (Å²) in [5.74, 6) is 0.543. The summed E-state index contributed by atoms with van der Waals surface area (Å²) in [5.41, 5.74) is 0.575. The fraction of sp³-hybridized carbons (Fsp3) is 0.625. The average molecular weight is 292 g/mol. The van der Waals surface area contributed by atoms with Crippen LogP contribution in [0.2, 0.25) is 0 Å². The van der Waals surface area contributed by atoms with Crippen molar-refractivity contribution in [2.45, 2.75) is 39.7 Å². The lowest BCUT2D eigenvalue weighted by molar-refractivity contribution is -0.127. The summed E-state index contributed by atoms with van der Waals surface area (Å²) in [6, 6.07) is 1.86. The first-order chi connectivity index (χ1) is 9.99. The maximum atomic E-state index is 12.2. The fourth-order valence-electron chi connectivity index (χ4n) is 2.42. The van der Waals surface area contributed by atoms with Crippen LogP contribution in [0.4, 0.5) is 0 Å². The summed E-state index contributed by atoms with van der Waals surface area (Å²) in [6.07, 6.45) is 4.41. The molecule has 0 aliphatic carbocycles. The Labute approximate surface area is 125 Å². The van der Waals surface area contributed by atoms with E-state index in [1.165, 1.54) is 12.5 Å². The molecule has 5 heteroatoms. The number of nitrogens with zero attached hydrogens (tertiary/aromatic N) is 1. The number of rotatable bonds is 4. The van der Waals surface area contributed by atoms with E-state index in [1.807, 2.05) is 6.92 Å². The molecule has 0 radical (unpaired) electrons. The van der Waals surface area contributed by atoms with Crippen LogP contribution in [0, 0.1) is 11.8 Å². The SMILES string of the molecule is CC(C)C(C)NC(=O)C1CCN(C(=O)c2ccoc2)CC1. The predicted molar refractivity (Wildman–Crippen MR) is 79.8 cm³/mol. The molecule has 116 valence electrons. The van der Waals surface area contributed by atoms with Gasteiger partial charge < -0.3 is 14.6 Å². The summed E-state index contributed by atoms with van der Waals surface area (Å²) >= 11 is 0. The predicted octanol–water partition coefficient (Wildman–Crippen LogP) is 2.29. The molecule has 0 bridgehead atoms. The van der Waals surface area contributed by atoms with Gasteiger partial charge in [-0.3, -0.25) is 9.59 Å². The van der Waals surface area contributed by atoms with Gasteiger partial charge in [0.05, 0.1) is 11.8 Å². The van der Waals surface area contributed by atoms with Gasteiger partial charge in [-0.05, 0) is 31.7 Å². The molecule has 0 saturated carbocycles. The van der Waals surface area contributed by atoms with Gasteiger partial charge in [-0.1, -0.05) is 13.8 Å². The molecule has 1 N–H and O–H groups in total. The van der Waals surface area contributed by atoms with Gasteiger partial charge in [0.25, 0.3) is 5.91 Å². The fourth-order valence-corrected chi connectivity index (χ4v) is 2.42. The second-order valence-electron chi connectivity index (χ2n) is 6.12.